The van der Waals surface area contributed by atoms with Gasteiger partial charge in [0.15, 0.2) is 0 Å². The normalized spacial score (nSPS) is 17.4. The summed E-state index contributed by atoms with van der Waals surface area (Å²) in [7, 11) is 0. The quantitative estimate of drug-likeness (QED) is 0.866. The van der Waals surface area contributed by atoms with Crippen molar-refractivity contribution in [2.24, 2.45) is 0 Å². The number of hydrogen-bond donors (Lipinski definition) is 1. The largest absolute Gasteiger partial charge is 0.446 e. The molecule has 1 fully saturated rings. The summed E-state index contributed by atoms with van der Waals surface area (Å²) in [5.41, 5.74) is 1.03. The first-order chi connectivity index (χ1) is 12.1. The zero-order valence-electron chi connectivity index (χ0n) is 14.2. The molecule has 1 aromatic carbocycles. The van der Waals surface area contributed by atoms with Gasteiger partial charge in [0.2, 0.25) is 5.91 Å². The van der Waals surface area contributed by atoms with E-state index in [-0.39, 0.29) is 18.1 Å². The van der Waals surface area contributed by atoms with Gasteiger partial charge in [0.1, 0.15) is 6.10 Å². The summed E-state index contributed by atoms with van der Waals surface area (Å²) in [6, 6.07) is 5.78. The summed E-state index contributed by atoms with van der Waals surface area (Å²) in [5, 5.41) is 3.31. The van der Waals surface area contributed by atoms with Crippen LogP contribution in [0.4, 0.5) is 10.5 Å². The molecule has 0 spiro atoms. The van der Waals surface area contributed by atoms with Crippen LogP contribution in [0, 0.1) is 0 Å². The van der Waals surface area contributed by atoms with Gasteiger partial charge in [-0.15, -0.1) is 11.8 Å². The molecule has 0 aromatic heterocycles. The van der Waals surface area contributed by atoms with E-state index in [0.29, 0.717) is 44.0 Å². The lowest BCUT2D eigenvalue weighted by Gasteiger charge is -2.33. The Morgan fingerprint density at radius 1 is 1.36 bits per heavy atom. The number of fused-ring (bicyclic) bond motifs is 1. The average molecular weight is 384 g/mol. The van der Waals surface area contributed by atoms with Crippen LogP contribution >= 0.6 is 23.4 Å². The Hall–Kier alpha value is -1.60. The van der Waals surface area contributed by atoms with Gasteiger partial charge in [0.05, 0.1) is 18.1 Å². The van der Waals surface area contributed by atoms with Gasteiger partial charge >= 0.3 is 6.09 Å². The molecule has 25 heavy (non-hydrogen) atoms. The van der Waals surface area contributed by atoms with Crippen molar-refractivity contribution < 1.29 is 14.3 Å². The Morgan fingerprint density at radius 2 is 2.12 bits per heavy atom. The molecule has 8 heteroatoms. The average Bonchev–Trinajstić information content (AvgIpc) is 2.98. The fraction of sp³-hybridized carbons (Fsp3) is 0.529. The van der Waals surface area contributed by atoms with E-state index in [1.807, 2.05) is 30.0 Å². The molecule has 2 aliphatic heterocycles. The molecule has 1 saturated heterocycles. The van der Waals surface area contributed by atoms with Gasteiger partial charge in [-0.2, -0.15) is 0 Å². The maximum absolute atomic E-state index is 12.6. The predicted octanol–water partition coefficient (Wildman–Crippen LogP) is 2.95. The van der Waals surface area contributed by atoms with Crippen molar-refractivity contribution in [3.8, 4) is 0 Å². The molecule has 2 heterocycles. The van der Waals surface area contributed by atoms with Gasteiger partial charge in [0.25, 0.3) is 0 Å². The number of hydrogen-bond acceptors (Lipinski definition) is 5. The zero-order chi connectivity index (χ0) is 17.8. The maximum atomic E-state index is 12.6. The maximum Gasteiger partial charge on any atom is 0.407 e. The van der Waals surface area contributed by atoms with E-state index in [2.05, 4.69) is 10.2 Å². The topological polar surface area (TPSA) is 61.9 Å². The van der Waals surface area contributed by atoms with Crippen molar-refractivity contribution in [3.63, 3.8) is 0 Å². The predicted molar refractivity (Wildman–Crippen MR) is 99.3 cm³/mol. The molecule has 0 saturated carbocycles. The number of ether oxygens (including phenoxy) is 1. The lowest BCUT2D eigenvalue weighted by Crippen LogP contribution is -2.46. The van der Waals surface area contributed by atoms with Crippen LogP contribution < -0.4 is 10.2 Å². The molecule has 3 rings (SSSR count). The third-order valence-electron chi connectivity index (χ3n) is 4.35. The molecular formula is C17H22ClN3O3S. The molecule has 0 atom stereocenters. The monoisotopic (exact) mass is 383 g/mol. The van der Waals surface area contributed by atoms with E-state index >= 15 is 0 Å². The van der Waals surface area contributed by atoms with Gasteiger partial charge in [0, 0.05) is 42.4 Å². The number of anilines is 1. The van der Waals surface area contributed by atoms with Crippen molar-refractivity contribution in [2.75, 3.05) is 37.0 Å². The molecule has 0 unspecified atom stereocenters. The molecule has 2 aliphatic rings. The van der Waals surface area contributed by atoms with Crippen LogP contribution in [0.3, 0.4) is 0 Å². The van der Waals surface area contributed by atoms with Crippen LogP contribution in [0.5, 0.6) is 0 Å². The first kappa shape index (κ1) is 18.2. The van der Waals surface area contributed by atoms with Gasteiger partial charge in [-0.25, -0.2) is 4.79 Å². The number of carbonyl (C=O) groups excluding carboxylic acids is 2. The second kappa shape index (κ2) is 8.19. The highest BCUT2D eigenvalue weighted by Crippen LogP contribution is 2.39. The molecule has 0 radical (unpaired) electrons. The SMILES string of the molecule is CCNC(=O)OC1CCN(C(=O)CN2CSc3ccc(Cl)cc32)CC1. The molecule has 136 valence electrons. The number of nitrogens with one attached hydrogen (secondary N) is 1. The number of piperidine rings is 1. The number of amides is 2. The highest BCUT2D eigenvalue weighted by Gasteiger charge is 2.28. The molecular weight excluding hydrogens is 362 g/mol. The van der Waals surface area contributed by atoms with Gasteiger partial charge in [-0.3, -0.25) is 4.79 Å². The number of likely N-dealkylation sites (tertiary alicyclic amines) is 1. The van der Waals surface area contributed by atoms with Crippen LogP contribution in [0.25, 0.3) is 0 Å². The summed E-state index contributed by atoms with van der Waals surface area (Å²) in [4.78, 5) is 29.1. The minimum Gasteiger partial charge on any atom is -0.446 e. The highest BCUT2D eigenvalue weighted by atomic mass is 35.5. The number of alkyl carbamates (subject to hydrolysis) is 1. The fourth-order valence-electron chi connectivity index (χ4n) is 3.03. The van der Waals surface area contributed by atoms with E-state index in [9.17, 15) is 9.59 Å². The summed E-state index contributed by atoms with van der Waals surface area (Å²) in [6.07, 6.45) is 0.868. The summed E-state index contributed by atoms with van der Waals surface area (Å²) < 4.78 is 5.34. The molecule has 0 aliphatic carbocycles. The van der Waals surface area contributed by atoms with E-state index in [4.69, 9.17) is 16.3 Å². The van der Waals surface area contributed by atoms with Crippen LogP contribution in [0.15, 0.2) is 23.1 Å². The Bertz CT molecular complexity index is 650. The zero-order valence-corrected chi connectivity index (χ0v) is 15.7. The number of benzene rings is 1. The van der Waals surface area contributed by atoms with Gasteiger partial charge in [-0.05, 0) is 25.1 Å². The van der Waals surface area contributed by atoms with Crippen LogP contribution in [0.1, 0.15) is 19.8 Å². The molecule has 2 amide bonds. The van der Waals surface area contributed by atoms with Crippen LogP contribution in [-0.2, 0) is 9.53 Å². The Morgan fingerprint density at radius 3 is 2.84 bits per heavy atom. The summed E-state index contributed by atoms with van der Waals surface area (Å²) >= 11 is 7.79. The van der Waals surface area contributed by atoms with Gasteiger partial charge in [-0.1, -0.05) is 11.6 Å². The van der Waals surface area contributed by atoms with Crippen molar-refractivity contribution in [1.29, 1.82) is 0 Å². The molecule has 1 N–H and O–H groups in total. The van der Waals surface area contributed by atoms with E-state index in [1.165, 1.54) is 0 Å². The third-order valence-corrected chi connectivity index (χ3v) is 5.69. The number of carbonyl (C=O) groups is 2. The van der Waals surface area contributed by atoms with E-state index < -0.39 is 0 Å². The summed E-state index contributed by atoms with van der Waals surface area (Å²) in [6.45, 7) is 3.99. The van der Waals surface area contributed by atoms with Crippen LogP contribution in [0.2, 0.25) is 5.02 Å². The molecule has 6 nitrogen and oxygen atoms in total. The Kier molecular flexibility index (Phi) is 5.96. The van der Waals surface area contributed by atoms with Crippen molar-refractivity contribution >= 4 is 41.1 Å². The minimum atomic E-state index is -0.380. The number of nitrogens with zero attached hydrogens (tertiary/aromatic N) is 2. The lowest BCUT2D eigenvalue weighted by molar-refractivity contribution is -0.131. The molecule has 0 bridgehead atoms. The number of rotatable bonds is 4. The van der Waals surface area contributed by atoms with E-state index in [1.54, 1.807) is 11.8 Å². The first-order valence-corrected chi connectivity index (χ1v) is 9.82. The highest BCUT2D eigenvalue weighted by molar-refractivity contribution is 7.99. The second-order valence-corrected chi connectivity index (χ2v) is 7.52. The minimum absolute atomic E-state index is 0.102. The van der Waals surface area contributed by atoms with E-state index in [0.717, 1.165) is 16.5 Å². The lowest BCUT2D eigenvalue weighted by atomic mass is 10.1. The summed E-state index contributed by atoms with van der Waals surface area (Å²) in [5.74, 6) is 0.864. The standard InChI is InChI=1S/C17H22ClN3O3S/c1-2-19-17(23)24-13-5-7-20(8-6-13)16(22)10-21-11-25-15-4-3-12(18)9-14(15)21/h3-4,9,13H,2,5-8,10-11H2,1H3,(H,19,23). The Balaban J connectivity index is 1.49. The van der Waals surface area contributed by atoms with Crippen molar-refractivity contribution in [1.82, 2.24) is 10.2 Å². The number of thioether (sulfide) groups is 1. The van der Waals surface area contributed by atoms with Gasteiger partial charge < -0.3 is 19.9 Å². The smallest absolute Gasteiger partial charge is 0.407 e. The Labute approximate surface area is 156 Å². The van der Waals surface area contributed by atoms with Crippen molar-refractivity contribution in [2.45, 2.75) is 30.8 Å². The first-order valence-electron chi connectivity index (χ1n) is 8.46. The second-order valence-electron chi connectivity index (χ2n) is 6.10. The van der Waals surface area contributed by atoms with Crippen LogP contribution in [-0.4, -0.2) is 55.1 Å². The van der Waals surface area contributed by atoms with Crippen molar-refractivity contribution in [3.05, 3.63) is 23.2 Å². The third kappa shape index (κ3) is 4.52. The molecule has 1 aromatic rings. The number of halogens is 1. The fourth-order valence-corrected chi connectivity index (χ4v) is 4.22.